The molecule has 0 bridgehead atoms. The number of ether oxygens (including phenoxy) is 1. The summed E-state index contributed by atoms with van der Waals surface area (Å²) in [5.41, 5.74) is 2.32. The Morgan fingerprint density at radius 3 is 2.64 bits per heavy atom. The first-order valence-corrected chi connectivity index (χ1v) is 10.5. The van der Waals surface area contributed by atoms with E-state index >= 15 is 0 Å². The van der Waals surface area contributed by atoms with Gasteiger partial charge in [0.25, 0.3) is 0 Å². The molecule has 144 valence electrons. The Morgan fingerprint density at radius 2 is 1.86 bits per heavy atom. The quantitative estimate of drug-likeness (QED) is 0.306. The maximum Gasteiger partial charge on any atom is 0.191 e. The molecule has 5 nitrogen and oxygen atoms in total. The maximum atomic E-state index is 5.89. The van der Waals surface area contributed by atoms with Crippen LogP contribution < -0.4 is 4.74 Å². The molecular weight excluding hydrogens is 392 g/mol. The highest BCUT2D eigenvalue weighted by Crippen LogP contribution is 2.31. The molecule has 4 aromatic rings. The number of thioether (sulfide) groups is 1. The van der Waals surface area contributed by atoms with Gasteiger partial charge in [-0.1, -0.05) is 41.6 Å². The van der Waals surface area contributed by atoms with Crippen molar-refractivity contribution in [3.8, 4) is 17.1 Å². The van der Waals surface area contributed by atoms with Crippen LogP contribution in [-0.2, 0) is 13.6 Å². The van der Waals surface area contributed by atoms with Crippen LogP contribution >= 0.6 is 23.4 Å². The first-order chi connectivity index (χ1) is 13.7. The number of hydrogen-bond acceptors (Lipinski definition) is 4. The first-order valence-electron chi connectivity index (χ1n) is 9.16. The summed E-state index contributed by atoms with van der Waals surface area (Å²) >= 11 is 7.53. The second-order valence-corrected chi connectivity index (χ2v) is 7.86. The molecule has 2 heterocycles. The van der Waals surface area contributed by atoms with Crippen molar-refractivity contribution >= 4 is 34.3 Å². The molecule has 0 aliphatic carbocycles. The van der Waals surface area contributed by atoms with Gasteiger partial charge in [0.15, 0.2) is 11.0 Å². The average molecular weight is 413 g/mol. The van der Waals surface area contributed by atoms with Crippen molar-refractivity contribution in [1.82, 2.24) is 19.3 Å². The molecule has 0 unspecified atom stereocenters. The van der Waals surface area contributed by atoms with Gasteiger partial charge in [-0.25, -0.2) is 0 Å². The fraction of sp³-hybridized carbons (Fsp3) is 0.238. The summed E-state index contributed by atoms with van der Waals surface area (Å²) in [7, 11) is 2.01. The van der Waals surface area contributed by atoms with Crippen molar-refractivity contribution in [2.45, 2.75) is 18.6 Å². The molecule has 0 saturated carbocycles. The summed E-state index contributed by atoms with van der Waals surface area (Å²) < 4.78 is 10.0. The van der Waals surface area contributed by atoms with E-state index in [1.54, 1.807) is 11.8 Å². The van der Waals surface area contributed by atoms with E-state index in [-0.39, 0.29) is 0 Å². The zero-order valence-electron chi connectivity index (χ0n) is 15.8. The molecule has 0 spiro atoms. The highest BCUT2D eigenvalue weighted by Gasteiger charge is 2.16. The van der Waals surface area contributed by atoms with Gasteiger partial charge >= 0.3 is 0 Å². The normalized spacial score (nSPS) is 11.2. The molecule has 0 saturated heterocycles. The number of rotatable bonds is 7. The molecule has 0 amide bonds. The van der Waals surface area contributed by atoms with Gasteiger partial charge in [-0.2, -0.15) is 0 Å². The lowest BCUT2D eigenvalue weighted by Gasteiger charge is -2.06. The van der Waals surface area contributed by atoms with Crippen molar-refractivity contribution in [3.05, 3.63) is 59.8 Å². The van der Waals surface area contributed by atoms with Gasteiger partial charge in [-0.05, 0) is 37.3 Å². The number of aromatic nitrogens is 4. The zero-order chi connectivity index (χ0) is 19.5. The molecule has 0 N–H and O–H groups in total. The highest BCUT2D eigenvalue weighted by atomic mass is 35.5. The molecular formula is C21H21ClN4OS. The highest BCUT2D eigenvalue weighted by molar-refractivity contribution is 7.99. The second-order valence-electron chi connectivity index (χ2n) is 6.36. The van der Waals surface area contributed by atoms with Crippen LogP contribution in [0.25, 0.3) is 22.3 Å². The van der Waals surface area contributed by atoms with Crippen LogP contribution in [0.3, 0.4) is 0 Å². The number of fused-ring (bicyclic) bond motifs is 1. The third-order valence-corrected chi connectivity index (χ3v) is 5.84. The van der Waals surface area contributed by atoms with Crippen LogP contribution in [0.5, 0.6) is 5.75 Å². The lowest BCUT2D eigenvalue weighted by molar-refractivity contribution is 0.344. The molecule has 4 rings (SSSR count). The number of para-hydroxylation sites is 1. The van der Waals surface area contributed by atoms with Crippen LogP contribution in [-0.4, -0.2) is 31.7 Å². The summed E-state index contributed by atoms with van der Waals surface area (Å²) in [5, 5.41) is 11.6. The van der Waals surface area contributed by atoms with Crippen molar-refractivity contribution in [3.63, 3.8) is 0 Å². The van der Waals surface area contributed by atoms with Crippen molar-refractivity contribution < 1.29 is 4.74 Å². The van der Waals surface area contributed by atoms with Crippen LogP contribution in [0.2, 0.25) is 5.02 Å². The largest absolute Gasteiger partial charge is 0.493 e. The summed E-state index contributed by atoms with van der Waals surface area (Å²) in [6, 6.07) is 15.8. The van der Waals surface area contributed by atoms with Crippen molar-refractivity contribution in [1.29, 1.82) is 0 Å². The average Bonchev–Trinajstić information content (AvgIpc) is 3.27. The van der Waals surface area contributed by atoms with Crippen LogP contribution in [0.1, 0.15) is 6.92 Å². The monoisotopic (exact) mass is 412 g/mol. The van der Waals surface area contributed by atoms with Gasteiger partial charge < -0.3 is 13.9 Å². The molecule has 0 radical (unpaired) electrons. The standard InChI is InChI=1S/C21H21ClN4OS/c1-3-26-14-18(17-6-4-5-7-19(17)26)20-23-24-21(25(20)2)28-13-12-27-16-10-8-15(22)9-11-16/h4-11,14H,3,12-13H2,1-2H3. The van der Waals surface area contributed by atoms with E-state index < -0.39 is 0 Å². The van der Waals surface area contributed by atoms with Gasteiger partial charge in [0.2, 0.25) is 0 Å². The smallest absolute Gasteiger partial charge is 0.191 e. The lowest BCUT2D eigenvalue weighted by atomic mass is 10.1. The zero-order valence-corrected chi connectivity index (χ0v) is 17.4. The fourth-order valence-corrected chi connectivity index (χ4v) is 4.04. The van der Waals surface area contributed by atoms with Gasteiger partial charge in [0.1, 0.15) is 5.75 Å². The van der Waals surface area contributed by atoms with Crippen molar-refractivity contribution in [2.24, 2.45) is 7.05 Å². The minimum atomic E-state index is 0.587. The van der Waals surface area contributed by atoms with Crippen LogP contribution in [0.15, 0.2) is 59.9 Å². The molecule has 7 heteroatoms. The molecule has 0 aliphatic heterocycles. The number of aryl methyl sites for hydroxylation is 1. The summed E-state index contributed by atoms with van der Waals surface area (Å²) in [5.74, 6) is 2.48. The van der Waals surface area contributed by atoms with E-state index in [0.717, 1.165) is 34.6 Å². The Balaban J connectivity index is 1.47. The topological polar surface area (TPSA) is 44.9 Å². The van der Waals surface area contributed by atoms with Gasteiger partial charge in [-0.15, -0.1) is 10.2 Å². The molecule has 28 heavy (non-hydrogen) atoms. The molecule has 0 atom stereocenters. The number of hydrogen-bond donors (Lipinski definition) is 0. The van der Waals surface area contributed by atoms with Crippen LogP contribution in [0.4, 0.5) is 0 Å². The first kappa shape index (κ1) is 18.9. The minimum Gasteiger partial charge on any atom is -0.493 e. The predicted octanol–water partition coefficient (Wildman–Crippen LogP) is 5.28. The summed E-state index contributed by atoms with van der Waals surface area (Å²) in [4.78, 5) is 0. The van der Waals surface area contributed by atoms with E-state index in [2.05, 4.69) is 56.7 Å². The maximum absolute atomic E-state index is 5.89. The Kier molecular flexibility index (Phi) is 5.59. The number of nitrogens with zero attached hydrogens (tertiary/aromatic N) is 4. The van der Waals surface area contributed by atoms with Gasteiger partial charge in [0.05, 0.1) is 6.61 Å². The summed E-state index contributed by atoms with van der Waals surface area (Å²) in [6.45, 7) is 3.65. The lowest BCUT2D eigenvalue weighted by Crippen LogP contribution is -2.02. The Bertz CT molecular complexity index is 1090. The fourth-order valence-electron chi connectivity index (χ4n) is 3.19. The molecule has 0 aliphatic rings. The van der Waals surface area contributed by atoms with E-state index in [0.29, 0.717) is 11.6 Å². The van der Waals surface area contributed by atoms with E-state index in [9.17, 15) is 0 Å². The number of benzene rings is 2. The third kappa shape index (κ3) is 3.75. The van der Waals surface area contributed by atoms with E-state index in [1.165, 1.54) is 10.9 Å². The Morgan fingerprint density at radius 1 is 1.07 bits per heavy atom. The molecule has 0 fully saturated rings. The van der Waals surface area contributed by atoms with Gasteiger partial charge in [0, 0.05) is 47.0 Å². The van der Waals surface area contributed by atoms with Gasteiger partial charge in [-0.3, -0.25) is 0 Å². The SMILES string of the molecule is CCn1cc(-c2nnc(SCCOc3ccc(Cl)cc3)n2C)c2ccccc21. The Labute approximate surface area is 173 Å². The molecule has 2 aromatic carbocycles. The van der Waals surface area contributed by atoms with Crippen LogP contribution in [0, 0.1) is 0 Å². The van der Waals surface area contributed by atoms with Crippen molar-refractivity contribution in [2.75, 3.05) is 12.4 Å². The summed E-state index contributed by atoms with van der Waals surface area (Å²) in [6.07, 6.45) is 2.16. The Hall–Kier alpha value is -2.44. The van der Waals surface area contributed by atoms with E-state index in [1.807, 2.05) is 31.3 Å². The second kappa shape index (κ2) is 8.29. The third-order valence-electron chi connectivity index (χ3n) is 4.60. The predicted molar refractivity (Wildman–Crippen MR) is 115 cm³/mol. The minimum absolute atomic E-state index is 0.587. The number of halogens is 1. The molecule has 2 aromatic heterocycles. The van der Waals surface area contributed by atoms with E-state index in [4.69, 9.17) is 16.3 Å².